The number of rotatable bonds is 13. The molecule has 0 radical (unpaired) electrons. The molecule has 0 amide bonds. The lowest BCUT2D eigenvalue weighted by Crippen LogP contribution is -1.97. The Hall–Kier alpha value is -13.1. The van der Waals surface area contributed by atoms with Crippen LogP contribution in [0.4, 0.5) is 0 Å². The maximum Gasteiger partial charge on any atom is 0.160 e. The van der Waals surface area contributed by atoms with Gasteiger partial charge in [-0.25, -0.2) is 15.0 Å². The molecule has 14 aromatic carbocycles. The third kappa shape index (κ3) is 10.8. The van der Waals surface area contributed by atoms with Gasteiger partial charge in [-0.1, -0.05) is 303 Å². The molecule has 0 bridgehead atoms. The van der Waals surface area contributed by atoms with E-state index in [2.05, 4.69) is 379 Å². The van der Waals surface area contributed by atoms with E-state index in [0.717, 1.165) is 112 Å². The second kappa shape index (κ2) is 24.7. The lowest BCUT2D eigenvalue weighted by Gasteiger charge is -2.13. The maximum absolute atomic E-state index is 5.36. The highest BCUT2D eigenvalue weighted by Gasteiger charge is 2.18. The SMILES string of the molecule is c1ccc(-c2ccc(-c3cc(-c4ccc(-n5c6ccccc6c6ccccc65)cc4)cc(-c4ccc(-c5ccc(-c6ccc(-c7ccc(-c8nc(-c9ccc(-c%10ccccc%10)cc9)cc(-c9ccc(-n%10c%11ccccc%11c%11ccccc%11%10)cc9)n8)cc7)cc6)cc5)cc4)n3)cc2)cc1. The van der Waals surface area contributed by atoms with Crippen LogP contribution in [0.25, 0.3) is 178 Å². The van der Waals surface area contributed by atoms with E-state index in [-0.39, 0.29) is 0 Å². The molecular weight excluding hydrogens is 1190 g/mol. The van der Waals surface area contributed by atoms with Crippen LogP contribution in [0, 0.1) is 0 Å². The molecule has 5 nitrogen and oxygen atoms in total. The van der Waals surface area contributed by atoms with E-state index < -0.39 is 0 Å². The lowest BCUT2D eigenvalue weighted by atomic mass is 9.96. The number of aromatic nitrogens is 5. The predicted molar refractivity (Wildman–Crippen MR) is 408 cm³/mol. The maximum atomic E-state index is 5.36. The molecule has 0 aliphatic carbocycles. The van der Waals surface area contributed by atoms with Crippen LogP contribution in [-0.4, -0.2) is 24.1 Å². The molecule has 0 fully saturated rings. The summed E-state index contributed by atoms with van der Waals surface area (Å²) < 4.78 is 4.72. The highest BCUT2D eigenvalue weighted by atomic mass is 15.0. The fraction of sp³-hybridized carbons (Fsp3) is 0. The normalized spacial score (nSPS) is 11.5. The third-order valence-corrected chi connectivity index (χ3v) is 19.3. The molecule has 5 heteroatoms. The van der Waals surface area contributed by atoms with Crippen LogP contribution in [-0.2, 0) is 0 Å². The van der Waals surface area contributed by atoms with Crippen molar-refractivity contribution in [1.82, 2.24) is 24.1 Å². The summed E-state index contributed by atoms with van der Waals surface area (Å²) in [5.74, 6) is 0.671. The molecule has 0 aliphatic heterocycles. The van der Waals surface area contributed by atoms with E-state index in [1.165, 1.54) is 60.3 Å². The number of hydrogen-bond donors (Lipinski definition) is 0. The molecule has 458 valence electrons. The summed E-state index contributed by atoms with van der Waals surface area (Å²) in [4.78, 5) is 15.9. The number of benzene rings is 14. The Bertz CT molecular complexity index is 5460. The zero-order valence-corrected chi connectivity index (χ0v) is 53.5. The average molecular weight is 1250 g/mol. The molecule has 0 saturated heterocycles. The van der Waals surface area contributed by atoms with Crippen molar-refractivity contribution in [2.75, 3.05) is 0 Å². The van der Waals surface area contributed by atoms with Gasteiger partial charge in [-0.15, -0.1) is 0 Å². The minimum Gasteiger partial charge on any atom is -0.309 e. The summed E-state index contributed by atoms with van der Waals surface area (Å²) in [6.07, 6.45) is 0. The predicted octanol–water partition coefficient (Wildman–Crippen LogP) is 24.4. The number of pyridine rings is 1. The van der Waals surface area contributed by atoms with Crippen LogP contribution in [0.5, 0.6) is 0 Å². The van der Waals surface area contributed by atoms with Crippen LogP contribution in [0.2, 0.25) is 0 Å². The molecule has 4 aromatic heterocycles. The van der Waals surface area contributed by atoms with Crippen LogP contribution in [0.1, 0.15) is 0 Å². The summed E-state index contributed by atoms with van der Waals surface area (Å²) in [5, 5.41) is 4.98. The topological polar surface area (TPSA) is 48.5 Å². The monoisotopic (exact) mass is 1250 g/mol. The molecule has 0 atom stereocenters. The molecular formula is C93H61N5. The summed E-state index contributed by atoms with van der Waals surface area (Å²) in [6, 6.07) is 133. The van der Waals surface area contributed by atoms with Gasteiger partial charge in [0.05, 0.1) is 44.8 Å². The van der Waals surface area contributed by atoms with Crippen molar-refractivity contribution < 1.29 is 0 Å². The molecule has 18 aromatic rings. The Morgan fingerprint density at radius 3 is 0.673 bits per heavy atom. The lowest BCUT2D eigenvalue weighted by molar-refractivity contribution is 1.17. The Balaban J connectivity index is 0.601. The Morgan fingerprint density at radius 2 is 0.367 bits per heavy atom. The summed E-state index contributed by atoms with van der Waals surface area (Å²) in [7, 11) is 0. The molecule has 0 N–H and O–H groups in total. The summed E-state index contributed by atoms with van der Waals surface area (Å²) in [5.41, 5.74) is 29.4. The first kappa shape index (κ1) is 57.6. The smallest absolute Gasteiger partial charge is 0.160 e. The Morgan fingerprint density at radius 1 is 0.153 bits per heavy atom. The first-order valence-corrected chi connectivity index (χ1v) is 33.4. The zero-order chi connectivity index (χ0) is 64.9. The van der Waals surface area contributed by atoms with Crippen molar-refractivity contribution in [3.8, 4) is 135 Å². The highest BCUT2D eigenvalue weighted by Crippen LogP contribution is 2.39. The van der Waals surface area contributed by atoms with Crippen molar-refractivity contribution in [3.05, 3.63) is 370 Å². The van der Waals surface area contributed by atoms with Crippen LogP contribution < -0.4 is 0 Å². The van der Waals surface area contributed by atoms with Crippen molar-refractivity contribution in [1.29, 1.82) is 0 Å². The molecule has 4 heterocycles. The fourth-order valence-electron chi connectivity index (χ4n) is 14.1. The van der Waals surface area contributed by atoms with Crippen molar-refractivity contribution in [3.63, 3.8) is 0 Å². The van der Waals surface area contributed by atoms with E-state index in [9.17, 15) is 0 Å². The molecule has 0 aliphatic rings. The molecule has 18 rings (SSSR count). The van der Waals surface area contributed by atoms with Gasteiger partial charge in [-0.3, -0.25) is 0 Å². The van der Waals surface area contributed by atoms with Crippen molar-refractivity contribution >= 4 is 43.6 Å². The van der Waals surface area contributed by atoms with Crippen molar-refractivity contribution in [2.24, 2.45) is 0 Å². The minimum absolute atomic E-state index is 0.671. The summed E-state index contributed by atoms with van der Waals surface area (Å²) in [6.45, 7) is 0. The molecule has 0 unspecified atom stereocenters. The quantitative estimate of drug-likeness (QED) is 0.116. The van der Waals surface area contributed by atoms with Crippen LogP contribution in [0.3, 0.4) is 0 Å². The van der Waals surface area contributed by atoms with E-state index in [0.29, 0.717) is 5.82 Å². The van der Waals surface area contributed by atoms with Gasteiger partial charge in [0.15, 0.2) is 5.82 Å². The van der Waals surface area contributed by atoms with E-state index in [1.54, 1.807) is 0 Å². The van der Waals surface area contributed by atoms with Gasteiger partial charge in [0.2, 0.25) is 0 Å². The highest BCUT2D eigenvalue weighted by molar-refractivity contribution is 6.10. The Kier molecular flexibility index (Phi) is 14.5. The van der Waals surface area contributed by atoms with Gasteiger partial charge >= 0.3 is 0 Å². The average Bonchev–Trinajstić information content (AvgIpc) is 1.61. The standard InChI is InChI=1S/C93H61N5/c1-3-15-62(16-4-1)64-35-43-73(44-36-64)85-59-78(72-51-55-79(56-52-72)97-89-23-11-7-19-81(89)82-20-8-12-24-90(82)97)60-86(94-85)74-45-39-70(40-46-74)68-31-27-66(28-32-68)67-29-33-69(34-30-67)71-41-49-77(50-42-71)93-95-87(75-47-37-65(38-48-75)63-17-5-2-6-18-63)61-88(96-93)76-53-57-80(58-54-76)98-91-25-13-9-21-83(91)84-22-10-14-26-92(84)98/h1-61H. The second-order valence-corrected chi connectivity index (χ2v) is 25.1. The van der Waals surface area contributed by atoms with E-state index in [4.69, 9.17) is 15.0 Å². The first-order valence-electron chi connectivity index (χ1n) is 33.4. The van der Waals surface area contributed by atoms with Crippen LogP contribution >= 0.6 is 0 Å². The molecule has 0 saturated carbocycles. The first-order chi connectivity index (χ1) is 48.5. The number of para-hydroxylation sites is 4. The van der Waals surface area contributed by atoms with Gasteiger partial charge in [-0.2, -0.15) is 0 Å². The van der Waals surface area contributed by atoms with Gasteiger partial charge in [0.25, 0.3) is 0 Å². The minimum atomic E-state index is 0.671. The molecule has 0 spiro atoms. The number of nitrogens with zero attached hydrogens (tertiary/aromatic N) is 5. The van der Waals surface area contributed by atoms with E-state index >= 15 is 0 Å². The van der Waals surface area contributed by atoms with Gasteiger partial charge in [0.1, 0.15) is 0 Å². The van der Waals surface area contributed by atoms with Crippen molar-refractivity contribution in [2.45, 2.75) is 0 Å². The largest absolute Gasteiger partial charge is 0.309 e. The van der Waals surface area contributed by atoms with Gasteiger partial charge < -0.3 is 9.13 Å². The van der Waals surface area contributed by atoms with Crippen LogP contribution in [0.15, 0.2) is 370 Å². The number of fused-ring (bicyclic) bond motifs is 6. The Labute approximate surface area is 568 Å². The van der Waals surface area contributed by atoms with E-state index in [1.807, 2.05) is 0 Å². The molecule has 98 heavy (non-hydrogen) atoms. The fourth-order valence-corrected chi connectivity index (χ4v) is 14.1. The number of hydrogen-bond acceptors (Lipinski definition) is 3. The third-order valence-electron chi connectivity index (χ3n) is 19.3. The zero-order valence-electron chi connectivity index (χ0n) is 53.5. The second-order valence-electron chi connectivity index (χ2n) is 25.1. The van der Waals surface area contributed by atoms with Gasteiger partial charge in [-0.05, 0) is 133 Å². The summed E-state index contributed by atoms with van der Waals surface area (Å²) >= 11 is 0. The van der Waals surface area contributed by atoms with Gasteiger partial charge in [0, 0.05) is 60.7 Å².